The molecule has 0 bridgehead atoms. The van der Waals surface area contributed by atoms with E-state index in [4.69, 9.17) is 4.74 Å². The summed E-state index contributed by atoms with van der Waals surface area (Å²) in [6.45, 7) is 0.258. The van der Waals surface area contributed by atoms with Crippen LogP contribution >= 0.6 is 22.7 Å². The third-order valence-corrected chi connectivity index (χ3v) is 4.90. The number of amides is 1. The third kappa shape index (κ3) is 4.14. The molecule has 118 valence electrons. The first-order valence-electron chi connectivity index (χ1n) is 7.02. The van der Waals surface area contributed by atoms with E-state index in [2.05, 4.69) is 10.3 Å². The molecule has 2 heterocycles. The van der Waals surface area contributed by atoms with Gasteiger partial charge in [-0.3, -0.25) is 4.79 Å². The Morgan fingerprint density at radius 3 is 2.96 bits per heavy atom. The van der Waals surface area contributed by atoms with Crippen LogP contribution in [-0.4, -0.2) is 30.0 Å². The molecular formula is C16H14N2O3S2. The molecule has 5 nitrogen and oxygen atoms in total. The molecule has 0 aliphatic carbocycles. The average Bonchev–Trinajstić information content (AvgIpc) is 3.23. The van der Waals surface area contributed by atoms with Gasteiger partial charge >= 0.3 is 5.97 Å². The Morgan fingerprint density at radius 2 is 2.13 bits per heavy atom. The summed E-state index contributed by atoms with van der Waals surface area (Å²) in [5.41, 5.74) is 2.99. The molecule has 1 N–H and O–H groups in total. The first kappa shape index (κ1) is 15.6. The molecule has 1 aromatic carbocycles. The van der Waals surface area contributed by atoms with Crippen LogP contribution in [0.25, 0.3) is 10.2 Å². The molecule has 0 unspecified atom stereocenters. The summed E-state index contributed by atoms with van der Waals surface area (Å²) in [5.74, 6) is -0.803. The highest BCUT2D eigenvalue weighted by molar-refractivity contribution is 7.16. The van der Waals surface area contributed by atoms with Gasteiger partial charge in [-0.25, -0.2) is 9.78 Å². The zero-order chi connectivity index (χ0) is 16.1. The topological polar surface area (TPSA) is 68.3 Å². The van der Waals surface area contributed by atoms with E-state index in [-0.39, 0.29) is 12.5 Å². The highest BCUT2D eigenvalue weighted by Crippen LogP contribution is 2.19. The minimum Gasteiger partial charge on any atom is -0.452 e. The summed E-state index contributed by atoms with van der Waals surface area (Å²) >= 11 is 3.11. The smallest absolute Gasteiger partial charge is 0.338 e. The van der Waals surface area contributed by atoms with Crippen LogP contribution in [0.4, 0.5) is 0 Å². The van der Waals surface area contributed by atoms with Gasteiger partial charge in [0.15, 0.2) is 6.61 Å². The summed E-state index contributed by atoms with van der Waals surface area (Å²) in [4.78, 5) is 29.0. The molecule has 0 saturated heterocycles. The lowest BCUT2D eigenvalue weighted by atomic mass is 10.2. The van der Waals surface area contributed by atoms with Crippen molar-refractivity contribution in [2.24, 2.45) is 0 Å². The first-order chi connectivity index (χ1) is 11.2. The van der Waals surface area contributed by atoms with Gasteiger partial charge in [-0.05, 0) is 36.1 Å². The van der Waals surface area contributed by atoms with Crippen LogP contribution in [0.1, 0.15) is 15.2 Å². The Labute approximate surface area is 140 Å². The van der Waals surface area contributed by atoms with Gasteiger partial charge in [0, 0.05) is 11.4 Å². The predicted molar refractivity (Wildman–Crippen MR) is 90.9 cm³/mol. The van der Waals surface area contributed by atoms with E-state index < -0.39 is 5.97 Å². The number of hydrogen-bond acceptors (Lipinski definition) is 6. The maximum Gasteiger partial charge on any atom is 0.338 e. The highest BCUT2D eigenvalue weighted by Gasteiger charge is 2.11. The molecule has 7 heteroatoms. The molecule has 0 aliphatic rings. The SMILES string of the molecule is O=C(COC(=O)c1ccc2ncsc2c1)NCCc1cccs1. The summed E-state index contributed by atoms with van der Waals surface area (Å²) in [5, 5.41) is 4.73. The zero-order valence-electron chi connectivity index (χ0n) is 12.2. The average molecular weight is 346 g/mol. The van der Waals surface area contributed by atoms with Gasteiger partial charge in [0.2, 0.25) is 0 Å². The number of benzene rings is 1. The summed E-state index contributed by atoms with van der Waals surface area (Å²) < 4.78 is 5.96. The second-order valence-electron chi connectivity index (χ2n) is 4.79. The zero-order valence-corrected chi connectivity index (χ0v) is 13.8. The molecule has 0 spiro atoms. The Bertz CT molecular complexity index is 812. The fraction of sp³-hybridized carbons (Fsp3) is 0.188. The standard InChI is InChI=1S/C16H14N2O3S2/c19-15(17-6-5-12-2-1-7-22-12)9-21-16(20)11-3-4-13-14(8-11)23-10-18-13/h1-4,7-8,10H,5-6,9H2,(H,17,19). The minimum absolute atomic E-state index is 0.274. The minimum atomic E-state index is -0.506. The predicted octanol–water partition coefficient (Wildman–Crippen LogP) is 2.87. The second kappa shape index (κ2) is 7.34. The fourth-order valence-corrected chi connectivity index (χ4v) is 3.45. The number of nitrogens with zero attached hydrogens (tertiary/aromatic N) is 1. The number of thiazole rings is 1. The number of thiophene rings is 1. The lowest BCUT2D eigenvalue weighted by Crippen LogP contribution is -2.30. The number of carbonyl (C=O) groups is 2. The van der Waals surface area contributed by atoms with Crippen molar-refractivity contribution in [1.29, 1.82) is 0 Å². The van der Waals surface area contributed by atoms with Crippen LogP contribution in [-0.2, 0) is 16.0 Å². The molecule has 0 atom stereocenters. The lowest BCUT2D eigenvalue weighted by Gasteiger charge is -2.06. The van der Waals surface area contributed by atoms with Crippen LogP contribution in [0.5, 0.6) is 0 Å². The number of esters is 1. The number of rotatable bonds is 6. The molecule has 23 heavy (non-hydrogen) atoms. The number of carbonyl (C=O) groups excluding carboxylic acids is 2. The third-order valence-electron chi connectivity index (χ3n) is 3.18. The molecule has 0 aliphatic heterocycles. The lowest BCUT2D eigenvalue weighted by molar-refractivity contribution is -0.124. The van der Waals surface area contributed by atoms with E-state index in [1.54, 1.807) is 35.0 Å². The van der Waals surface area contributed by atoms with Gasteiger partial charge in [0.25, 0.3) is 5.91 Å². The number of nitrogens with one attached hydrogen (secondary N) is 1. The molecule has 1 amide bonds. The van der Waals surface area contributed by atoms with Crippen molar-refractivity contribution >= 4 is 44.8 Å². The van der Waals surface area contributed by atoms with Crippen molar-refractivity contribution in [3.63, 3.8) is 0 Å². The van der Waals surface area contributed by atoms with Crippen LogP contribution in [0.2, 0.25) is 0 Å². The summed E-state index contributed by atoms with van der Waals surface area (Å²) in [7, 11) is 0. The molecule has 3 rings (SSSR count). The van der Waals surface area contributed by atoms with E-state index in [9.17, 15) is 9.59 Å². The Morgan fingerprint density at radius 1 is 1.22 bits per heavy atom. The first-order valence-corrected chi connectivity index (χ1v) is 8.78. The molecule has 0 fully saturated rings. The monoisotopic (exact) mass is 346 g/mol. The molecule has 3 aromatic rings. The van der Waals surface area contributed by atoms with Crippen molar-refractivity contribution in [3.05, 3.63) is 51.7 Å². The van der Waals surface area contributed by atoms with E-state index >= 15 is 0 Å². The quantitative estimate of drug-likeness (QED) is 0.697. The van der Waals surface area contributed by atoms with E-state index in [1.807, 2.05) is 17.5 Å². The van der Waals surface area contributed by atoms with Crippen molar-refractivity contribution in [2.75, 3.05) is 13.2 Å². The Kier molecular flexibility index (Phi) is 4.99. The van der Waals surface area contributed by atoms with Gasteiger partial charge < -0.3 is 10.1 Å². The Balaban J connectivity index is 1.45. The van der Waals surface area contributed by atoms with E-state index in [0.717, 1.165) is 16.6 Å². The normalized spacial score (nSPS) is 10.6. The van der Waals surface area contributed by atoms with Crippen molar-refractivity contribution in [1.82, 2.24) is 10.3 Å². The maximum atomic E-state index is 12.0. The van der Waals surface area contributed by atoms with Gasteiger partial charge in [0.05, 0.1) is 21.3 Å². The number of ether oxygens (including phenoxy) is 1. The van der Waals surface area contributed by atoms with E-state index in [0.29, 0.717) is 12.1 Å². The van der Waals surface area contributed by atoms with Crippen LogP contribution in [0, 0.1) is 0 Å². The maximum absolute atomic E-state index is 12.0. The second-order valence-corrected chi connectivity index (χ2v) is 6.71. The van der Waals surface area contributed by atoms with Crippen molar-refractivity contribution in [3.8, 4) is 0 Å². The number of fused-ring (bicyclic) bond motifs is 1. The van der Waals surface area contributed by atoms with Crippen molar-refractivity contribution in [2.45, 2.75) is 6.42 Å². The van der Waals surface area contributed by atoms with Gasteiger partial charge in [-0.15, -0.1) is 22.7 Å². The van der Waals surface area contributed by atoms with Gasteiger partial charge in [0.1, 0.15) is 0 Å². The van der Waals surface area contributed by atoms with Gasteiger partial charge in [-0.1, -0.05) is 6.07 Å². The van der Waals surface area contributed by atoms with Crippen LogP contribution < -0.4 is 5.32 Å². The molecule has 2 aromatic heterocycles. The molecule has 0 saturated carbocycles. The molecular weight excluding hydrogens is 332 g/mol. The van der Waals surface area contributed by atoms with Crippen LogP contribution in [0.3, 0.4) is 0 Å². The van der Waals surface area contributed by atoms with Crippen molar-refractivity contribution < 1.29 is 14.3 Å². The fourth-order valence-electron chi connectivity index (χ4n) is 2.03. The van der Waals surface area contributed by atoms with Crippen LogP contribution in [0.15, 0.2) is 41.2 Å². The summed E-state index contributed by atoms with van der Waals surface area (Å²) in [6.07, 6.45) is 0.777. The molecule has 0 radical (unpaired) electrons. The number of hydrogen-bond donors (Lipinski definition) is 1. The largest absolute Gasteiger partial charge is 0.452 e. The highest BCUT2D eigenvalue weighted by atomic mass is 32.1. The Hall–Kier alpha value is -2.25. The van der Waals surface area contributed by atoms with E-state index in [1.165, 1.54) is 16.2 Å². The number of aromatic nitrogens is 1. The van der Waals surface area contributed by atoms with Gasteiger partial charge in [-0.2, -0.15) is 0 Å². The summed E-state index contributed by atoms with van der Waals surface area (Å²) in [6, 6.07) is 9.14.